The number of halogens is 4. The number of esters is 1. The van der Waals surface area contributed by atoms with Crippen molar-refractivity contribution in [3.05, 3.63) is 74.7 Å². The van der Waals surface area contributed by atoms with Gasteiger partial charge < -0.3 is 18.4 Å². The van der Waals surface area contributed by atoms with Gasteiger partial charge in [-0.25, -0.2) is 0 Å². The number of carbonyl (C=O) groups excluding carboxylic acids is 1. The fourth-order valence-electron chi connectivity index (χ4n) is 3.23. The molecule has 0 radical (unpaired) electrons. The summed E-state index contributed by atoms with van der Waals surface area (Å²) in [5, 5.41) is 3.53. The van der Waals surface area contributed by atoms with Crippen LogP contribution in [0.2, 0.25) is 0 Å². The zero-order chi connectivity index (χ0) is 24.5. The van der Waals surface area contributed by atoms with Crippen molar-refractivity contribution in [2.75, 3.05) is 7.11 Å². The molecule has 0 spiro atoms. The van der Waals surface area contributed by atoms with Gasteiger partial charge in [-0.15, -0.1) is 0 Å². The smallest absolute Gasteiger partial charge is 0.450 e. The molecule has 0 aliphatic heterocycles. The van der Waals surface area contributed by atoms with Gasteiger partial charge >= 0.3 is 12.1 Å². The molecule has 0 saturated heterocycles. The zero-order valence-corrected chi connectivity index (χ0v) is 19.0. The third kappa shape index (κ3) is 4.98. The predicted octanol–water partition coefficient (Wildman–Crippen LogP) is 5.78. The van der Waals surface area contributed by atoms with Crippen molar-refractivity contribution in [2.24, 2.45) is 0 Å². The Morgan fingerprint density at radius 2 is 1.85 bits per heavy atom. The van der Waals surface area contributed by atoms with Crippen molar-refractivity contribution in [1.82, 2.24) is 5.16 Å². The van der Waals surface area contributed by atoms with E-state index >= 15 is 0 Å². The molecule has 0 saturated carbocycles. The van der Waals surface area contributed by atoms with Gasteiger partial charge in [0.15, 0.2) is 0 Å². The summed E-state index contributed by atoms with van der Waals surface area (Å²) in [5.41, 5.74) is -1.75. The van der Waals surface area contributed by atoms with Crippen LogP contribution in [0.25, 0.3) is 22.1 Å². The van der Waals surface area contributed by atoms with E-state index in [0.29, 0.717) is 10.2 Å². The number of aryl methyl sites for hydroxylation is 1. The fourth-order valence-corrected chi connectivity index (χ4v) is 3.50. The maximum atomic E-state index is 13.8. The molecule has 7 nitrogen and oxygen atoms in total. The number of hydrogen-bond acceptors (Lipinski definition) is 7. The van der Waals surface area contributed by atoms with E-state index < -0.39 is 28.9 Å². The standard InChI is InChI=1S/C23H15BrF3NO6/c1-31-18-11-15(34-28-18)7-9-19(29)32-14-6-8-16-17(10-14)33-22(23(25,26)27)20(21(16)30)12-2-4-13(24)5-3-12/h2-6,8,10-11H,7,9H2,1H3. The first-order valence-electron chi connectivity index (χ1n) is 9.80. The van der Waals surface area contributed by atoms with Crippen LogP contribution in [0.3, 0.4) is 0 Å². The number of carbonyl (C=O) groups is 1. The number of alkyl halides is 3. The van der Waals surface area contributed by atoms with Crippen LogP contribution < -0.4 is 14.9 Å². The molecule has 176 valence electrons. The molecule has 0 aliphatic rings. The Hall–Kier alpha value is -3.60. The number of benzene rings is 2. The lowest BCUT2D eigenvalue weighted by Gasteiger charge is -2.13. The lowest BCUT2D eigenvalue weighted by atomic mass is 10.0. The minimum Gasteiger partial charge on any atom is -0.479 e. The van der Waals surface area contributed by atoms with Crippen LogP contribution in [0, 0.1) is 0 Å². The number of ether oxygens (including phenoxy) is 2. The number of aromatic nitrogens is 1. The van der Waals surface area contributed by atoms with Crippen LogP contribution in [0.15, 0.2) is 66.7 Å². The van der Waals surface area contributed by atoms with E-state index in [-0.39, 0.29) is 41.0 Å². The summed E-state index contributed by atoms with van der Waals surface area (Å²) in [6.45, 7) is 0. The van der Waals surface area contributed by atoms with Crippen LogP contribution in [0.5, 0.6) is 11.6 Å². The van der Waals surface area contributed by atoms with Crippen LogP contribution in [-0.4, -0.2) is 18.2 Å². The van der Waals surface area contributed by atoms with E-state index in [2.05, 4.69) is 21.1 Å². The minimum atomic E-state index is -4.93. The molecule has 0 bridgehead atoms. The van der Waals surface area contributed by atoms with Crippen molar-refractivity contribution in [1.29, 1.82) is 0 Å². The van der Waals surface area contributed by atoms with Crippen LogP contribution in [-0.2, 0) is 17.4 Å². The maximum Gasteiger partial charge on any atom is 0.450 e. The van der Waals surface area contributed by atoms with Gasteiger partial charge in [0, 0.05) is 23.0 Å². The van der Waals surface area contributed by atoms with Crippen molar-refractivity contribution in [3.8, 4) is 22.8 Å². The normalized spacial score (nSPS) is 11.6. The predicted molar refractivity (Wildman–Crippen MR) is 118 cm³/mol. The first kappa shape index (κ1) is 23.6. The molecule has 0 N–H and O–H groups in total. The quantitative estimate of drug-likeness (QED) is 0.227. The van der Waals surface area contributed by atoms with Crippen molar-refractivity contribution >= 4 is 32.9 Å². The molecule has 2 heterocycles. The zero-order valence-electron chi connectivity index (χ0n) is 17.4. The first-order valence-corrected chi connectivity index (χ1v) is 10.6. The lowest BCUT2D eigenvalue weighted by Crippen LogP contribution is -2.16. The van der Waals surface area contributed by atoms with Gasteiger partial charge in [-0.05, 0) is 35.0 Å². The Labute approximate surface area is 198 Å². The molecule has 2 aromatic carbocycles. The molecule has 4 rings (SSSR count). The second-order valence-electron chi connectivity index (χ2n) is 7.11. The van der Waals surface area contributed by atoms with Crippen LogP contribution in [0.4, 0.5) is 13.2 Å². The lowest BCUT2D eigenvalue weighted by molar-refractivity contribution is -0.152. The van der Waals surface area contributed by atoms with Gasteiger partial charge in [-0.2, -0.15) is 13.2 Å². The molecular weight excluding hydrogens is 523 g/mol. The molecule has 0 fully saturated rings. The van der Waals surface area contributed by atoms with Crippen LogP contribution >= 0.6 is 15.9 Å². The van der Waals surface area contributed by atoms with E-state index in [1.807, 2.05) is 0 Å². The topological polar surface area (TPSA) is 91.8 Å². The summed E-state index contributed by atoms with van der Waals surface area (Å²) in [6.07, 6.45) is -4.84. The Morgan fingerprint density at radius 3 is 2.50 bits per heavy atom. The summed E-state index contributed by atoms with van der Waals surface area (Å²) >= 11 is 3.21. The number of fused-ring (bicyclic) bond motifs is 1. The van der Waals surface area contributed by atoms with E-state index in [9.17, 15) is 22.8 Å². The van der Waals surface area contributed by atoms with Gasteiger partial charge in [0.2, 0.25) is 11.2 Å². The number of nitrogens with zero attached hydrogens (tertiary/aromatic N) is 1. The Bertz CT molecular complexity index is 1410. The van der Waals surface area contributed by atoms with Crippen molar-refractivity contribution in [2.45, 2.75) is 19.0 Å². The number of methoxy groups -OCH3 is 1. The summed E-state index contributed by atoms with van der Waals surface area (Å²) in [5.74, 6) is -1.51. The Balaban J connectivity index is 1.64. The van der Waals surface area contributed by atoms with E-state index in [0.717, 1.165) is 6.07 Å². The third-order valence-electron chi connectivity index (χ3n) is 4.81. The number of rotatable bonds is 6. The van der Waals surface area contributed by atoms with Crippen LogP contribution in [0.1, 0.15) is 17.9 Å². The molecule has 0 unspecified atom stereocenters. The molecule has 34 heavy (non-hydrogen) atoms. The molecule has 0 atom stereocenters. The van der Waals surface area contributed by atoms with Gasteiger partial charge in [0.05, 0.1) is 24.5 Å². The van der Waals surface area contributed by atoms with E-state index in [1.54, 1.807) is 0 Å². The monoisotopic (exact) mass is 537 g/mol. The Morgan fingerprint density at radius 1 is 1.12 bits per heavy atom. The highest BCUT2D eigenvalue weighted by atomic mass is 79.9. The Kier molecular flexibility index (Phi) is 6.47. The van der Waals surface area contributed by atoms with Gasteiger partial charge in [-0.3, -0.25) is 9.59 Å². The third-order valence-corrected chi connectivity index (χ3v) is 5.34. The average molecular weight is 538 g/mol. The largest absolute Gasteiger partial charge is 0.479 e. The summed E-state index contributed by atoms with van der Waals surface area (Å²) in [4.78, 5) is 25.2. The average Bonchev–Trinajstić information content (AvgIpc) is 3.26. The summed E-state index contributed by atoms with van der Waals surface area (Å²) in [7, 11) is 1.42. The second-order valence-corrected chi connectivity index (χ2v) is 8.02. The minimum absolute atomic E-state index is 0.0609. The molecule has 11 heteroatoms. The molecule has 2 aromatic heterocycles. The highest BCUT2D eigenvalue weighted by Gasteiger charge is 2.39. The second kappa shape index (κ2) is 9.34. The highest BCUT2D eigenvalue weighted by Crippen LogP contribution is 2.38. The molecular formula is C23H15BrF3NO6. The van der Waals surface area contributed by atoms with Gasteiger partial charge in [-0.1, -0.05) is 28.1 Å². The van der Waals surface area contributed by atoms with Crippen molar-refractivity contribution in [3.63, 3.8) is 0 Å². The van der Waals surface area contributed by atoms with Gasteiger partial charge in [0.25, 0.3) is 5.88 Å². The van der Waals surface area contributed by atoms with E-state index in [4.69, 9.17) is 18.4 Å². The first-order chi connectivity index (χ1) is 16.2. The van der Waals surface area contributed by atoms with Gasteiger partial charge in [0.1, 0.15) is 17.1 Å². The SMILES string of the molecule is COc1cc(CCC(=O)Oc2ccc3c(=O)c(-c4ccc(Br)cc4)c(C(F)(F)F)oc3c2)on1. The summed E-state index contributed by atoms with van der Waals surface area (Å²) in [6, 6.07) is 11.0. The molecule has 0 aliphatic carbocycles. The molecule has 4 aromatic rings. The fraction of sp³-hybridized carbons (Fsp3) is 0.174. The van der Waals surface area contributed by atoms with E-state index in [1.165, 1.54) is 49.6 Å². The van der Waals surface area contributed by atoms with Crippen molar-refractivity contribution < 1.29 is 36.4 Å². The molecule has 0 amide bonds. The number of hydrogen-bond donors (Lipinski definition) is 0. The summed E-state index contributed by atoms with van der Waals surface area (Å²) < 4.78 is 62.1. The maximum absolute atomic E-state index is 13.8. The highest BCUT2D eigenvalue weighted by molar-refractivity contribution is 9.10.